The van der Waals surface area contributed by atoms with Gasteiger partial charge in [0.2, 0.25) is 5.91 Å². The molecular weight excluding hydrogens is 462 g/mol. The van der Waals surface area contributed by atoms with Gasteiger partial charge in [0.15, 0.2) is 5.78 Å². The number of hydrogen-bond donors (Lipinski definition) is 1. The van der Waals surface area contributed by atoms with Gasteiger partial charge in [-0.15, -0.1) is 0 Å². The smallest absolute Gasteiger partial charge is 0.224 e. The highest BCUT2D eigenvalue weighted by Gasteiger charge is 2.32. The van der Waals surface area contributed by atoms with Crippen LogP contribution in [-0.2, 0) is 28.5 Å². The first-order valence-electron chi connectivity index (χ1n) is 13.2. The first kappa shape index (κ1) is 34.9. The van der Waals surface area contributed by atoms with Gasteiger partial charge in [0, 0.05) is 24.5 Å². The second-order valence-corrected chi connectivity index (χ2v) is 12.4. The van der Waals surface area contributed by atoms with E-state index in [0.717, 1.165) is 17.6 Å². The number of ether oxygens (including phenoxy) is 4. The number of rotatable bonds is 20. The fraction of sp³-hybridized carbons (Fsp3) is 0.926. The highest BCUT2D eigenvalue weighted by Crippen LogP contribution is 2.20. The molecule has 0 aromatic heterocycles. The summed E-state index contributed by atoms with van der Waals surface area (Å²) < 4.78 is 22.9. The summed E-state index contributed by atoms with van der Waals surface area (Å²) in [5.74, 6) is 0.168. The molecule has 0 aromatic rings. The molecule has 0 bridgehead atoms. The number of nitrogens with one attached hydrogen (secondary N) is 1. The van der Waals surface area contributed by atoms with Gasteiger partial charge in [-0.25, -0.2) is 0 Å². The minimum Gasteiger partial charge on any atom is -0.379 e. The van der Waals surface area contributed by atoms with Gasteiger partial charge >= 0.3 is 0 Å². The lowest BCUT2D eigenvalue weighted by atomic mass is 9.84. The van der Waals surface area contributed by atoms with Crippen molar-refractivity contribution in [1.82, 2.24) is 10.2 Å². The molecule has 0 aliphatic heterocycles. The molecule has 36 heavy (non-hydrogen) atoms. The Balaban J connectivity index is 3.89. The van der Waals surface area contributed by atoms with Gasteiger partial charge in [-0.2, -0.15) is 0 Å². The Hall–Kier alpha value is -1.10. The first-order valence-corrected chi connectivity index (χ1v) is 13.2. The van der Waals surface area contributed by atoms with Crippen LogP contribution in [0.25, 0.3) is 0 Å². The molecule has 1 atom stereocenters. The minimum atomic E-state index is -0.437. The number of amides is 1. The zero-order valence-corrected chi connectivity index (χ0v) is 24.9. The number of nitrogens with zero attached hydrogens (tertiary/aromatic N) is 2. The Morgan fingerprint density at radius 2 is 1.22 bits per heavy atom. The molecule has 0 saturated carbocycles. The summed E-state index contributed by atoms with van der Waals surface area (Å²) in [5, 5.41) is 3.42. The summed E-state index contributed by atoms with van der Waals surface area (Å²) in [4.78, 5) is 27.0. The van der Waals surface area contributed by atoms with E-state index in [9.17, 15) is 9.59 Å². The Morgan fingerprint density at radius 1 is 0.778 bits per heavy atom. The van der Waals surface area contributed by atoms with Crippen LogP contribution in [0.5, 0.6) is 0 Å². The highest BCUT2D eigenvalue weighted by atomic mass is 16.6. The van der Waals surface area contributed by atoms with E-state index < -0.39 is 5.41 Å². The van der Waals surface area contributed by atoms with Crippen LogP contribution in [0.4, 0.5) is 0 Å². The molecule has 0 aliphatic carbocycles. The van der Waals surface area contributed by atoms with Gasteiger partial charge < -0.3 is 33.6 Å². The Labute approximate surface area is 220 Å². The maximum Gasteiger partial charge on any atom is 0.224 e. The number of hydrogen-bond acceptors (Lipinski definition) is 7. The van der Waals surface area contributed by atoms with Crippen molar-refractivity contribution in [3.05, 3.63) is 0 Å². The number of likely N-dealkylation sites (N-methyl/N-ethyl adjacent to an activating group) is 1. The van der Waals surface area contributed by atoms with Gasteiger partial charge in [-0.05, 0) is 27.2 Å². The fourth-order valence-electron chi connectivity index (χ4n) is 3.21. The van der Waals surface area contributed by atoms with Gasteiger partial charge in [-0.1, -0.05) is 20.8 Å². The third kappa shape index (κ3) is 20.0. The van der Waals surface area contributed by atoms with E-state index >= 15 is 0 Å². The zero-order valence-electron chi connectivity index (χ0n) is 24.9. The number of Topliss-reactive ketones (excluding diaryl/α,β-unsaturated/α-hetero) is 1. The molecule has 0 aromatic carbocycles. The predicted octanol–water partition coefficient (Wildman–Crippen LogP) is 2.37. The van der Waals surface area contributed by atoms with Crippen molar-refractivity contribution in [2.24, 2.45) is 5.41 Å². The largest absolute Gasteiger partial charge is 0.379 e. The average Bonchev–Trinajstić information content (AvgIpc) is 2.73. The van der Waals surface area contributed by atoms with E-state index in [1.54, 1.807) is 11.9 Å². The van der Waals surface area contributed by atoms with Gasteiger partial charge in [0.25, 0.3) is 0 Å². The molecule has 1 amide bonds. The Bertz CT molecular complexity index is 608. The van der Waals surface area contributed by atoms with Crippen LogP contribution in [0.15, 0.2) is 0 Å². The van der Waals surface area contributed by atoms with Crippen LogP contribution < -0.4 is 5.32 Å². The van der Waals surface area contributed by atoms with Crippen LogP contribution in [-0.4, -0.2) is 127 Å². The third-order valence-corrected chi connectivity index (χ3v) is 5.32. The molecule has 214 valence electrons. The minimum absolute atomic E-state index is 0.00528. The van der Waals surface area contributed by atoms with Crippen molar-refractivity contribution in [3.8, 4) is 0 Å². The van der Waals surface area contributed by atoms with Crippen molar-refractivity contribution in [1.29, 1.82) is 0 Å². The van der Waals surface area contributed by atoms with E-state index in [0.29, 0.717) is 65.6 Å². The molecule has 1 unspecified atom stereocenters. The topological polar surface area (TPSA) is 86.3 Å². The molecule has 1 N–H and O–H groups in total. The van der Waals surface area contributed by atoms with Gasteiger partial charge in [0.1, 0.15) is 6.54 Å². The molecule has 9 heteroatoms. The van der Waals surface area contributed by atoms with Crippen molar-refractivity contribution in [2.45, 2.75) is 66.0 Å². The van der Waals surface area contributed by atoms with E-state index in [2.05, 4.69) is 26.5 Å². The fourth-order valence-corrected chi connectivity index (χ4v) is 3.21. The lowest BCUT2D eigenvalue weighted by Gasteiger charge is -2.32. The van der Waals surface area contributed by atoms with E-state index in [4.69, 9.17) is 18.9 Å². The van der Waals surface area contributed by atoms with Crippen molar-refractivity contribution in [2.75, 3.05) is 94.1 Å². The second kappa shape index (κ2) is 17.4. The normalized spacial score (nSPS) is 13.6. The molecule has 0 spiro atoms. The molecule has 0 rings (SSSR count). The number of quaternary nitrogens is 1. The van der Waals surface area contributed by atoms with Crippen molar-refractivity contribution in [3.63, 3.8) is 0 Å². The van der Waals surface area contributed by atoms with Crippen LogP contribution in [0.2, 0.25) is 0 Å². The molecule has 0 aliphatic rings. The summed E-state index contributed by atoms with van der Waals surface area (Å²) in [6.07, 6.45) is 0.882. The van der Waals surface area contributed by atoms with Gasteiger partial charge in [0.05, 0.1) is 86.5 Å². The number of carbonyl (C=O) groups excluding carboxylic acids is 2. The van der Waals surface area contributed by atoms with Crippen LogP contribution >= 0.6 is 0 Å². The first-order chi connectivity index (χ1) is 16.5. The monoisotopic (exact) mass is 518 g/mol. The maximum absolute atomic E-state index is 12.9. The standard InChI is InChI=1S/C27H56N3O6/c1-26(2,3)25(32)23(28-27(4,5)6)11-13-29(7)24(31)12-15-33-17-19-35-21-22-36-20-18-34-16-14-30(8,9)10/h23,28H,11-22H2,1-10H3/q+1. The van der Waals surface area contributed by atoms with E-state index in [-0.39, 0.29) is 23.3 Å². The third-order valence-electron chi connectivity index (χ3n) is 5.32. The molecular formula is C27H56N3O6+. The van der Waals surface area contributed by atoms with Gasteiger partial charge in [-0.3, -0.25) is 9.59 Å². The van der Waals surface area contributed by atoms with E-state index in [1.807, 2.05) is 41.5 Å². The number of carbonyl (C=O) groups is 2. The summed E-state index contributed by atoms with van der Waals surface area (Å²) in [6.45, 7) is 17.5. The lowest BCUT2D eigenvalue weighted by molar-refractivity contribution is -0.870. The van der Waals surface area contributed by atoms with Crippen LogP contribution in [0, 0.1) is 5.41 Å². The Morgan fingerprint density at radius 3 is 1.64 bits per heavy atom. The van der Waals surface area contributed by atoms with Crippen LogP contribution in [0.3, 0.4) is 0 Å². The quantitative estimate of drug-likeness (QED) is 0.196. The van der Waals surface area contributed by atoms with Crippen molar-refractivity contribution >= 4 is 11.7 Å². The summed E-state index contributed by atoms with van der Waals surface area (Å²) in [7, 11) is 8.19. The lowest BCUT2D eigenvalue weighted by Crippen LogP contribution is -2.52. The molecule has 0 fully saturated rings. The number of ketones is 1. The highest BCUT2D eigenvalue weighted by molar-refractivity contribution is 5.88. The molecule has 0 heterocycles. The summed E-state index contributed by atoms with van der Waals surface area (Å²) >= 11 is 0. The van der Waals surface area contributed by atoms with Crippen LogP contribution in [0.1, 0.15) is 54.4 Å². The molecule has 0 saturated heterocycles. The van der Waals surface area contributed by atoms with E-state index in [1.165, 1.54) is 0 Å². The molecule has 9 nitrogen and oxygen atoms in total. The zero-order chi connectivity index (χ0) is 27.8. The maximum atomic E-state index is 12.9. The SMILES string of the molecule is CN(CCC(NC(C)(C)C)C(=O)C(C)(C)C)C(=O)CCOCCOCCOCCOCC[N+](C)(C)C. The summed E-state index contributed by atoms with van der Waals surface area (Å²) in [5.41, 5.74) is -0.622. The Kier molecular flexibility index (Phi) is 16.9. The average molecular weight is 519 g/mol. The summed E-state index contributed by atoms with van der Waals surface area (Å²) in [6, 6.07) is -0.294. The molecule has 0 radical (unpaired) electrons. The van der Waals surface area contributed by atoms with Crippen molar-refractivity contribution < 1.29 is 33.0 Å². The predicted molar refractivity (Wildman–Crippen MR) is 144 cm³/mol. The second-order valence-electron chi connectivity index (χ2n) is 12.4.